The van der Waals surface area contributed by atoms with Crippen molar-refractivity contribution in [3.05, 3.63) is 54.1 Å². The Balaban J connectivity index is 1.61. The molecule has 0 saturated carbocycles. The number of piperazine rings is 1. The van der Waals surface area contributed by atoms with Gasteiger partial charge in [0.2, 0.25) is 0 Å². The Morgan fingerprint density at radius 2 is 1.73 bits per heavy atom. The molecule has 1 aliphatic heterocycles. The van der Waals surface area contributed by atoms with E-state index in [4.69, 9.17) is 4.74 Å². The van der Waals surface area contributed by atoms with Gasteiger partial charge in [-0.05, 0) is 24.3 Å². The number of anilines is 1. The molecular weight excluding hydrogens is 276 g/mol. The zero-order valence-corrected chi connectivity index (χ0v) is 13.0. The number of hydrogen-bond donors (Lipinski definition) is 2. The molecule has 0 aliphatic carbocycles. The van der Waals surface area contributed by atoms with Crippen LogP contribution in [0.1, 0.15) is 5.56 Å². The van der Waals surface area contributed by atoms with E-state index >= 15 is 0 Å². The van der Waals surface area contributed by atoms with Crippen LogP contribution in [0.25, 0.3) is 0 Å². The molecule has 0 radical (unpaired) electrons. The van der Waals surface area contributed by atoms with E-state index in [1.807, 2.05) is 30.3 Å². The first-order valence-corrected chi connectivity index (χ1v) is 7.76. The fourth-order valence-corrected chi connectivity index (χ4v) is 3.09. The molecule has 0 bridgehead atoms. The number of ether oxygens (including phenoxy) is 1. The molecule has 1 saturated heterocycles. The molecule has 1 fully saturated rings. The van der Waals surface area contributed by atoms with Gasteiger partial charge >= 0.3 is 0 Å². The summed E-state index contributed by atoms with van der Waals surface area (Å²) < 4.78 is 5.44. The lowest BCUT2D eigenvalue weighted by molar-refractivity contribution is -0.914. The second-order valence-electron chi connectivity index (χ2n) is 5.71. The van der Waals surface area contributed by atoms with Gasteiger partial charge in [0.25, 0.3) is 0 Å². The van der Waals surface area contributed by atoms with Crippen LogP contribution in [0.4, 0.5) is 5.69 Å². The van der Waals surface area contributed by atoms with Gasteiger partial charge in [-0.25, -0.2) is 0 Å². The number of para-hydroxylation sites is 3. The second kappa shape index (κ2) is 6.71. The van der Waals surface area contributed by atoms with Crippen molar-refractivity contribution in [1.82, 2.24) is 0 Å². The quantitative estimate of drug-likeness (QED) is 0.894. The van der Waals surface area contributed by atoms with Crippen molar-refractivity contribution in [2.24, 2.45) is 0 Å². The average molecular weight is 299 g/mol. The van der Waals surface area contributed by atoms with Crippen molar-refractivity contribution in [2.45, 2.75) is 6.54 Å². The fourth-order valence-electron chi connectivity index (χ4n) is 3.09. The molecule has 4 heteroatoms. The first kappa shape index (κ1) is 14.7. The van der Waals surface area contributed by atoms with Crippen LogP contribution in [0.2, 0.25) is 0 Å². The third-order valence-electron chi connectivity index (χ3n) is 4.33. The lowest BCUT2D eigenvalue weighted by Crippen LogP contribution is -3.13. The van der Waals surface area contributed by atoms with Crippen molar-refractivity contribution in [3.63, 3.8) is 0 Å². The summed E-state index contributed by atoms with van der Waals surface area (Å²) >= 11 is 0. The maximum atomic E-state index is 9.97. The van der Waals surface area contributed by atoms with E-state index in [2.05, 4.69) is 17.0 Å². The van der Waals surface area contributed by atoms with Gasteiger partial charge in [0.1, 0.15) is 18.0 Å². The fraction of sp³-hybridized carbons (Fsp3) is 0.333. The molecule has 2 aromatic carbocycles. The van der Waals surface area contributed by atoms with E-state index in [1.165, 1.54) is 5.56 Å². The molecule has 2 aromatic rings. The first-order chi connectivity index (χ1) is 10.8. The zero-order valence-electron chi connectivity index (χ0n) is 13.0. The van der Waals surface area contributed by atoms with Crippen LogP contribution in [0.15, 0.2) is 48.5 Å². The van der Waals surface area contributed by atoms with Crippen LogP contribution < -0.4 is 14.5 Å². The molecule has 0 amide bonds. The van der Waals surface area contributed by atoms with E-state index in [9.17, 15) is 5.11 Å². The molecule has 116 valence electrons. The molecule has 22 heavy (non-hydrogen) atoms. The van der Waals surface area contributed by atoms with Crippen LogP contribution in [0, 0.1) is 0 Å². The number of aromatic hydroxyl groups is 1. The topological polar surface area (TPSA) is 37.1 Å². The number of benzene rings is 2. The third-order valence-corrected chi connectivity index (χ3v) is 4.33. The van der Waals surface area contributed by atoms with Crippen molar-refractivity contribution in [2.75, 3.05) is 38.2 Å². The third kappa shape index (κ3) is 3.17. The number of quaternary nitrogens is 1. The summed E-state index contributed by atoms with van der Waals surface area (Å²) in [7, 11) is 1.73. The van der Waals surface area contributed by atoms with Gasteiger partial charge in [-0.1, -0.05) is 24.3 Å². The molecule has 0 unspecified atom stereocenters. The molecule has 0 aromatic heterocycles. The minimum atomic E-state index is 0.371. The molecule has 3 rings (SSSR count). The number of nitrogens with zero attached hydrogens (tertiary/aromatic N) is 1. The minimum Gasteiger partial charge on any atom is -0.506 e. The van der Waals surface area contributed by atoms with Gasteiger partial charge < -0.3 is 19.6 Å². The summed E-state index contributed by atoms with van der Waals surface area (Å²) in [5, 5.41) is 9.97. The van der Waals surface area contributed by atoms with Crippen molar-refractivity contribution in [1.29, 1.82) is 0 Å². The Morgan fingerprint density at radius 3 is 2.45 bits per heavy atom. The van der Waals surface area contributed by atoms with Gasteiger partial charge in [-0.15, -0.1) is 0 Å². The Labute approximate surface area is 131 Å². The molecule has 1 heterocycles. The smallest absolute Gasteiger partial charge is 0.138 e. The molecule has 0 atom stereocenters. The molecule has 2 N–H and O–H groups in total. The summed E-state index contributed by atoms with van der Waals surface area (Å²) in [5.74, 6) is 1.34. The Morgan fingerprint density at radius 1 is 1.05 bits per heavy atom. The number of phenolic OH excluding ortho intramolecular Hbond substituents is 1. The van der Waals surface area contributed by atoms with E-state index in [0.29, 0.717) is 5.75 Å². The molecule has 1 aliphatic rings. The van der Waals surface area contributed by atoms with E-state index in [1.54, 1.807) is 18.1 Å². The normalized spacial score (nSPS) is 15.8. The number of nitrogens with one attached hydrogen (secondary N) is 1. The summed E-state index contributed by atoms with van der Waals surface area (Å²) in [6.07, 6.45) is 0. The first-order valence-electron chi connectivity index (χ1n) is 7.76. The largest absolute Gasteiger partial charge is 0.506 e. The Bertz CT molecular complexity index is 622. The number of hydrogen-bond acceptors (Lipinski definition) is 3. The highest BCUT2D eigenvalue weighted by Gasteiger charge is 2.22. The number of methoxy groups -OCH3 is 1. The number of rotatable bonds is 4. The predicted molar refractivity (Wildman–Crippen MR) is 87.7 cm³/mol. The summed E-state index contributed by atoms with van der Waals surface area (Å²) in [5.41, 5.74) is 2.20. The number of phenols is 1. The summed E-state index contributed by atoms with van der Waals surface area (Å²) in [6.45, 7) is 5.03. The van der Waals surface area contributed by atoms with Gasteiger partial charge in [0.15, 0.2) is 0 Å². The lowest BCUT2D eigenvalue weighted by Gasteiger charge is -2.34. The zero-order chi connectivity index (χ0) is 15.4. The highest BCUT2D eigenvalue weighted by atomic mass is 16.5. The van der Waals surface area contributed by atoms with Gasteiger partial charge in [0.05, 0.1) is 39.0 Å². The predicted octanol–water partition coefficient (Wildman–Crippen LogP) is 1.31. The molecule has 0 spiro atoms. The highest BCUT2D eigenvalue weighted by Crippen LogP contribution is 2.26. The molecular formula is C18H23N2O2+. The average Bonchev–Trinajstić information content (AvgIpc) is 2.57. The van der Waals surface area contributed by atoms with Crippen LogP contribution in [0.5, 0.6) is 11.5 Å². The second-order valence-corrected chi connectivity index (χ2v) is 5.71. The van der Waals surface area contributed by atoms with Crippen molar-refractivity contribution >= 4 is 5.69 Å². The van der Waals surface area contributed by atoms with E-state index < -0.39 is 0 Å². The van der Waals surface area contributed by atoms with Crippen molar-refractivity contribution in [3.8, 4) is 11.5 Å². The molecule has 4 nitrogen and oxygen atoms in total. The summed E-state index contributed by atoms with van der Waals surface area (Å²) in [6, 6.07) is 15.8. The van der Waals surface area contributed by atoms with E-state index in [-0.39, 0.29) is 0 Å². The van der Waals surface area contributed by atoms with Gasteiger partial charge in [-0.3, -0.25) is 0 Å². The van der Waals surface area contributed by atoms with Gasteiger partial charge in [-0.2, -0.15) is 0 Å². The van der Waals surface area contributed by atoms with Gasteiger partial charge in [0, 0.05) is 5.56 Å². The monoisotopic (exact) mass is 299 g/mol. The van der Waals surface area contributed by atoms with Crippen LogP contribution >= 0.6 is 0 Å². The minimum absolute atomic E-state index is 0.371. The Hall–Kier alpha value is -2.20. The Kier molecular flexibility index (Phi) is 4.49. The van der Waals surface area contributed by atoms with E-state index in [0.717, 1.165) is 44.2 Å². The standard InChI is InChI=1S/C18H22N2O2/c1-22-18-9-5-2-6-15(18)14-19-10-12-20(13-11-19)16-7-3-4-8-17(16)21/h2-9,21H,10-14H2,1H3/p+1. The maximum absolute atomic E-state index is 9.97. The lowest BCUT2D eigenvalue weighted by atomic mass is 10.1. The van der Waals surface area contributed by atoms with Crippen LogP contribution in [-0.2, 0) is 6.54 Å². The highest BCUT2D eigenvalue weighted by molar-refractivity contribution is 5.57. The van der Waals surface area contributed by atoms with Crippen LogP contribution in [-0.4, -0.2) is 38.4 Å². The van der Waals surface area contributed by atoms with Crippen molar-refractivity contribution < 1.29 is 14.7 Å². The van der Waals surface area contributed by atoms with Crippen LogP contribution in [0.3, 0.4) is 0 Å². The summed E-state index contributed by atoms with van der Waals surface area (Å²) in [4.78, 5) is 3.82. The maximum Gasteiger partial charge on any atom is 0.138 e. The SMILES string of the molecule is COc1ccccc1C[NH+]1CCN(c2ccccc2O)CC1.